The molecule has 1 heteroatoms. The number of hydrogen-bond acceptors (Lipinski definition) is 1. The van der Waals surface area contributed by atoms with Gasteiger partial charge in [0.25, 0.3) is 0 Å². The van der Waals surface area contributed by atoms with E-state index >= 15 is 0 Å². The van der Waals surface area contributed by atoms with Gasteiger partial charge in [0, 0.05) is 12.2 Å². The van der Waals surface area contributed by atoms with Crippen molar-refractivity contribution in [3.63, 3.8) is 0 Å². The Morgan fingerprint density at radius 1 is 1.56 bits per heavy atom. The lowest BCUT2D eigenvalue weighted by Crippen LogP contribution is -2.06. The molecule has 52 valence electrons. The summed E-state index contributed by atoms with van der Waals surface area (Å²) in [4.78, 5) is 0. The van der Waals surface area contributed by atoms with Gasteiger partial charge >= 0.3 is 0 Å². The average molecular weight is 125 g/mol. The third-order valence-corrected chi connectivity index (χ3v) is 1.85. The van der Waals surface area contributed by atoms with E-state index in [9.17, 15) is 0 Å². The Bertz CT molecular complexity index is 125. The molecule has 0 aromatic heterocycles. The van der Waals surface area contributed by atoms with Crippen molar-refractivity contribution in [2.75, 3.05) is 6.54 Å². The summed E-state index contributed by atoms with van der Waals surface area (Å²) in [6, 6.07) is 0. The zero-order chi connectivity index (χ0) is 6.69. The molecule has 0 aromatic rings. The maximum absolute atomic E-state index is 3.39. The summed E-state index contributed by atoms with van der Waals surface area (Å²) in [5.74, 6) is 0. The smallest absolute Gasteiger partial charge is 0.0181 e. The van der Waals surface area contributed by atoms with E-state index in [-0.39, 0.29) is 0 Å². The Morgan fingerprint density at radius 2 is 2.33 bits per heavy atom. The van der Waals surface area contributed by atoms with Gasteiger partial charge in [-0.1, -0.05) is 18.9 Å². The van der Waals surface area contributed by atoms with Crippen LogP contribution in [0, 0.1) is 0 Å². The first-order valence-corrected chi connectivity index (χ1v) is 3.77. The van der Waals surface area contributed by atoms with Crippen LogP contribution in [-0.2, 0) is 0 Å². The zero-order valence-corrected chi connectivity index (χ0v) is 6.33. The molecule has 1 aliphatic rings. The molecule has 0 bridgehead atoms. The molecule has 0 amide bonds. The molecule has 9 heavy (non-hydrogen) atoms. The first-order valence-electron chi connectivity index (χ1n) is 3.77. The van der Waals surface area contributed by atoms with Crippen molar-refractivity contribution in [1.82, 2.24) is 5.32 Å². The van der Waals surface area contributed by atoms with Gasteiger partial charge in [0.05, 0.1) is 0 Å². The molecule has 1 aliphatic heterocycles. The van der Waals surface area contributed by atoms with E-state index in [1.807, 2.05) is 0 Å². The summed E-state index contributed by atoms with van der Waals surface area (Å²) in [5, 5.41) is 3.39. The molecule has 0 fully saturated rings. The molecular weight excluding hydrogens is 110 g/mol. The summed E-state index contributed by atoms with van der Waals surface area (Å²) in [7, 11) is 0. The Kier molecular flexibility index (Phi) is 2.15. The predicted octanol–water partition coefficient (Wildman–Crippen LogP) is 2.05. The first-order chi connectivity index (χ1) is 4.34. The second kappa shape index (κ2) is 2.90. The number of rotatable bonds is 2. The van der Waals surface area contributed by atoms with Crippen LogP contribution < -0.4 is 5.32 Å². The molecule has 0 saturated carbocycles. The van der Waals surface area contributed by atoms with Crippen LogP contribution in [0.25, 0.3) is 0 Å². The highest BCUT2D eigenvalue weighted by Gasteiger charge is 2.06. The van der Waals surface area contributed by atoms with Gasteiger partial charge in [-0.25, -0.2) is 0 Å². The summed E-state index contributed by atoms with van der Waals surface area (Å²) in [5.41, 5.74) is 3.06. The minimum absolute atomic E-state index is 1.17. The van der Waals surface area contributed by atoms with E-state index in [4.69, 9.17) is 0 Å². The van der Waals surface area contributed by atoms with Crippen LogP contribution in [0.4, 0.5) is 0 Å². The van der Waals surface area contributed by atoms with Gasteiger partial charge < -0.3 is 5.32 Å². The third kappa shape index (κ3) is 1.47. The van der Waals surface area contributed by atoms with Crippen molar-refractivity contribution in [1.29, 1.82) is 0 Å². The minimum atomic E-state index is 1.17. The van der Waals surface area contributed by atoms with Gasteiger partial charge in [-0.05, 0) is 19.8 Å². The van der Waals surface area contributed by atoms with Crippen LogP contribution in [0.2, 0.25) is 0 Å². The standard InChI is InChI=1S/C8H15N/c1-3-4-8-7(2)5-6-9-8/h9H,3-6H2,1-2H3. The molecule has 0 atom stereocenters. The van der Waals surface area contributed by atoms with E-state index in [0.717, 1.165) is 0 Å². The fourth-order valence-corrected chi connectivity index (χ4v) is 1.25. The van der Waals surface area contributed by atoms with Crippen molar-refractivity contribution >= 4 is 0 Å². The minimum Gasteiger partial charge on any atom is -0.388 e. The summed E-state index contributed by atoms with van der Waals surface area (Å²) < 4.78 is 0. The van der Waals surface area contributed by atoms with Gasteiger partial charge in [-0.15, -0.1) is 0 Å². The molecule has 0 aliphatic carbocycles. The van der Waals surface area contributed by atoms with E-state index in [1.54, 1.807) is 5.57 Å². The maximum Gasteiger partial charge on any atom is 0.0181 e. The predicted molar refractivity (Wildman–Crippen MR) is 40.2 cm³/mol. The third-order valence-electron chi connectivity index (χ3n) is 1.85. The quantitative estimate of drug-likeness (QED) is 0.595. The SMILES string of the molecule is CCCC1=C(C)CCN1. The lowest BCUT2D eigenvalue weighted by molar-refractivity contribution is 0.790. The number of allylic oxidation sites excluding steroid dienone is 1. The topological polar surface area (TPSA) is 12.0 Å². The van der Waals surface area contributed by atoms with Crippen molar-refractivity contribution < 1.29 is 0 Å². The van der Waals surface area contributed by atoms with Gasteiger partial charge in [0.15, 0.2) is 0 Å². The zero-order valence-electron chi connectivity index (χ0n) is 6.33. The number of nitrogens with one attached hydrogen (secondary N) is 1. The normalized spacial score (nSPS) is 18.4. The monoisotopic (exact) mass is 125 g/mol. The largest absolute Gasteiger partial charge is 0.388 e. The van der Waals surface area contributed by atoms with Gasteiger partial charge in [0.1, 0.15) is 0 Å². The van der Waals surface area contributed by atoms with E-state index in [1.165, 1.54) is 31.5 Å². The van der Waals surface area contributed by atoms with Crippen LogP contribution in [0.3, 0.4) is 0 Å². The second-order valence-electron chi connectivity index (χ2n) is 2.69. The lowest BCUT2D eigenvalue weighted by atomic mass is 10.1. The average Bonchev–Trinajstić information content (AvgIpc) is 2.18. The van der Waals surface area contributed by atoms with Crippen molar-refractivity contribution in [2.45, 2.75) is 33.1 Å². The van der Waals surface area contributed by atoms with Gasteiger partial charge in [0.2, 0.25) is 0 Å². The molecule has 0 radical (unpaired) electrons. The molecule has 0 spiro atoms. The fraction of sp³-hybridized carbons (Fsp3) is 0.750. The molecule has 0 unspecified atom stereocenters. The molecule has 1 rings (SSSR count). The van der Waals surface area contributed by atoms with E-state index in [0.29, 0.717) is 0 Å². The Hall–Kier alpha value is -0.460. The maximum atomic E-state index is 3.39. The van der Waals surface area contributed by atoms with Crippen LogP contribution in [0.5, 0.6) is 0 Å². The number of hydrogen-bond donors (Lipinski definition) is 1. The van der Waals surface area contributed by atoms with Crippen molar-refractivity contribution in [3.05, 3.63) is 11.3 Å². The highest BCUT2D eigenvalue weighted by Crippen LogP contribution is 2.15. The summed E-state index contributed by atoms with van der Waals surface area (Å²) in [6.45, 7) is 5.62. The highest BCUT2D eigenvalue weighted by molar-refractivity contribution is 5.15. The first kappa shape index (κ1) is 6.66. The highest BCUT2D eigenvalue weighted by atomic mass is 14.9. The molecule has 0 saturated heterocycles. The fourth-order valence-electron chi connectivity index (χ4n) is 1.25. The second-order valence-corrected chi connectivity index (χ2v) is 2.69. The van der Waals surface area contributed by atoms with Crippen LogP contribution in [0.15, 0.2) is 11.3 Å². The van der Waals surface area contributed by atoms with Crippen molar-refractivity contribution in [3.8, 4) is 0 Å². The van der Waals surface area contributed by atoms with Gasteiger partial charge in [-0.2, -0.15) is 0 Å². The summed E-state index contributed by atoms with van der Waals surface area (Å²) >= 11 is 0. The van der Waals surface area contributed by atoms with Gasteiger partial charge in [-0.3, -0.25) is 0 Å². The Morgan fingerprint density at radius 3 is 2.78 bits per heavy atom. The van der Waals surface area contributed by atoms with Crippen LogP contribution in [0.1, 0.15) is 33.1 Å². The summed E-state index contributed by atoms with van der Waals surface area (Å²) in [6.07, 6.45) is 3.76. The Balaban J connectivity index is 2.45. The van der Waals surface area contributed by atoms with Crippen LogP contribution in [-0.4, -0.2) is 6.54 Å². The molecule has 0 aromatic carbocycles. The Labute approximate surface area is 57.1 Å². The van der Waals surface area contributed by atoms with Crippen molar-refractivity contribution in [2.24, 2.45) is 0 Å². The molecular formula is C8H15N. The molecule has 1 N–H and O–H groups in total. The lowest BCUT2D eigenvalue weighted by Gasteiger charge is -2.00. The van der Waals surface area contributed by atoms with E-state index in [2.05, 4.69) is 19.2 Å². The van der Waals surface area contributed by atoms with Crippen LogP contribution >= 0.6 is 0 Å². The molecule has 1 heterocycles. The molecule has 1 nitrogen and oxygen atoms in total. The van der Waals surface area contributed by atoms with E-state index < -0.39 is 0 Å².